The van der Waals surface area contributed by atoms with E-state index in [9.17, 15) is 0 Å². The molecule has 18 heavy (non-hydrogen) atoms. The van der Waals surface area contributed by atoms with E-state index < -0.39 is 0 Å². The van der Waals surface area contributed by atoms with Crippen LogP contribution in [0.5, 0.6) is 0 Å². The molecule has 2 fully saturated rings. The molecule has 2 heterocycles. The molecule has 0 aromatic heterocycles. The smallest absolute Gasteiger partial charge is 0.00311 e. The lowest BCUT2D eigenvalue weighted by Gasteiger charge is -2.45. The second-order valence-electron chi connectivity index (χ2n) is 6.07. The van der Waals surface area contributed by atoms with Crippen LogP contribution in [0.15, 0.2) is 24.3 Å². The molecule has 3 rings (SSSR count). The van der Waals surface area contributed by atoms with Gasteiger partial charge in [-0.25, -0.2) is 0 Å². The molecule has 0 radical (unpaired) electrons. The van der Waals surface area contributed by atoms with Crippen molar-refractivity contribution in [1.82, 2.24) is 5.32 Å². The number of benzene rings is 1. The third-order valence-electron chi connectivity index (χ3n) is 5.01. The zero-order chi connectivity index (χ0) is 12.6. The van der Waals surface area contributed by atoms with Gasteiger partial charge in [0, 0.05) is 12.5 Å². The fourth-order valence-corrected chi connectivity index (χ4v) is 5.50. The molecule has 1 nitrogen and oxygen atoms in total. The van der Waals surface area contributed by atoms with Crippen LogP contribution in [-0.4, -0.2) is 24.6 Å². The molecule has 1 spiro atoms. The largest absolute Gasteiger partial charge is 0.316 e. The Morgan fingerprint density at radius 3 is 2.72 bits per heavy atom. The quantitative estimate of drug-likeness (QED) is 0.831. The molecule has 1 aromatic rings. The average Bonchev–Trinajstić information content (AvgIpc) is 2.74. The van der Waals surface area contributed by atoms with Gasteiger partial charge in [-0.15, -0.1) is 0 Å². The highest BCUT2D eigenvalue weighted by Gasteiger charge is 2.48. The van der Waals surface area contributed by atoms with Gasteiger partial charge in [-0.05, 0) is 48.3 Å². The van der Waals surface area contributed by atoms with Gasteiger partial charge in [-0.2, -0.15) is 11.8 Å². The van der Waals surface area contributed by atoms with Crippen molar-refractivity contribution in [3.8, 4) is 0 Å². The van der Waals surface area contributed by atoms with Crippen molar-refractivity contribution in [2.24, 2.45) is 11.3 Å². The fourth-order valence-electron chi connectivity index (χ4n) is 3.69. The monoisotopic (exact) mass is 261 g/mol. The van der Waals surface area contributed by atoms with Crippen LogP contribution in [0.1, 0.15) is 30.4 Å². The van der Waals surface area contributed by atoms with Crippen LogP contribution in [0.4, 0.5) is 0 Å². The van der Waals surface area contributed by atoms with Crippen LogP contribution >= 0.6 is 11.8 Å². The Kier molecular flexibility index (Phi) is 3.42. The third kappa shape index (κ3) is 2.00. The van der Waals surface area contributed by atoms with Crippen LogP contribution in [0, 0.1) is 18.3 Å². The zero-order valence-electron chi connectivity index (χ0n) is 11.4. The highest BCUT2D eigenvalue weighted by molar-refractivity contribution is 7.99. The van der Waals surface area contributed by atoms with Gasteiger partial charge in [0.1, 0.15) is 0 Å². The Labute approximate surface area is 115 Å². The first-order valence-electron chi connectivity index (χ1n) is 7.07. The SMILES string of the molecule is Cc1ccc(C2CNCCC23CSCC3C)cc1. The first-order valence-corrected chi connectivity index (χ1v) is 8.23. The fraction of sp³-hybridized carbons (Fsp3) is 0.625. The van der Waals surface area contributed by atoms with Crippen molar-refractivity contribution in [2.45, 2.75) is 26.2 Å². The summed E-state index contributed by atoms with van der Waals surface area (Å²) in [7, 11) is 0. The van der Waals surface area contributed by atoms with E-state index in [0.717, 1.165) is 12.5 Å². The number of hydrogen-bond acceptors (Lipinski definition) is 2. The molecule has 0 amide bonds. The van der Waals surface area contributed by atoms with Gasteiger partial charge < -0.3 is 5.32 Å². The number of aryl methyl sites for hydroxylation is 1. The Bertz CT molecular complexity index is 414. The molecule has 1 aromatic carbocycles. The molecular formula is C16H23NS. The van der Waals surface area contributed by atoms with Gasteiger partial charge >= 0.3 is 0 Å². The van der Waals surface area contributed by atoms with Crippen LogP contribution in [0.25, 0.3) is 0 Å². The summed E-state index contributed by atoms with van der Waals surface area (Å²) in [4.78, 5) is 0. The lowest BCUT2D eigenvalue weighted by Crippen LogP contribution is -2.47. The maximum Gasteiger partial charge on any atom is 0.00311 e. The van der Waals surface area contributed by atoms with E-state index in [1.165, 1.54) is 30.0 Å². The van der Waals surface area contributed by atoms with Crippen LogP contribution in [0.3, 0.4) is 0 Å². The highest BCUT2D eigenvalue weighted by Crippen LogP contribution is 2.53. The van der Waals surface area contributed by atoms with E-state index in [4.69, 9.17) is 0 Å². The number of piperidine rings is 1. The molecule has 2 saturated heterocycles. The van der Waals surface area contributed by atoms with Gasteiger partial charge in [0.15, 0.2) is 0 Å². The van der Waals surface area contributed by atoms with Gasteiger partial charge in [-0.1, -0.05) is 36.8 Å². The summed E-state index contributed by atoms with van der Waals surface area (Å²) in [5.41, 5.74) is 3.46. The van der Waals surface area contributed by atoms with Crippen molar-refractivity contribution < 1.29 is 0 Å². The van der Waals surface area contributed by atoms with Gasteiger partial charge in [0.05, 0.1) is 0 Å². The van der Waals surface area contributed by atoms with Gasteiger partial charge in [0.2, 0.25) is 0 Å². The molecule has 98 valence electrons. The molecule has 2 heteroatoms. The minimum Gasteiger partial charge on any atom is -0.316 e. The summed E-state index contributed by atoms with van der Waals surface area (Å²) in [5, 5.41) is 3.61. The van der Waals surface area contributed by atoms with Crippen molar-refractivity contribution in [3.05, 3.63) is 35.4 Å². The molecule has 3 unspecified atom stereocenters. The number of rotatable bonds is 1. The van der Waals surface area contributed by atoms with Crippen LogP contribution in [-0.2, 0) is 0 Å². The Morgan fingerprint density at radius 2 is 2.06 bits per heavy atom. The summed E-state index contributed by atoms with van der Waals surface area (Å²) < 4.78 is 0. The maximum absolute atomic E-state index is 3.61. The summed E-state index contributed by atoms with van der Waals surface area (Å²) in [6, 6.07) is 9.24. The number of thioether (sulfide) groups is 1. The average molecular weight is 261 g/mol. The van der Waals surface area contributed by atoms with Crippen molar-refractivity contribution in [3.63, 3.8) is 0 Å². The Hall–Kier alpha value is -0.470. The lowest BCUT2D eigenvalue weighted by atomic mass is 9.63. The summed E-state index contributed by atoms with van der Waals surface area (Å²) in [6.45, 7) is 7.00. The summed E-state index contributed by atoms with van der Waals surface area (Å²) in [6.07, 6.45) is 1.35. The minimum absolute atomic E-state index is 0.547. The molecule has 2 aliphatic rings. The highest BCUT2D eigenvalue weighted by atomic mass is 32.2. The Balaban J connectivity index is 1.95. The third-order valence-corrected chi connectivity index (χ3v) is 6.49. The predicted octanol–water partition coefficient (Wildman–Crippen LogP) is 3.44. The van der Waals surface area contributed by atoms with E-state index in [2.05, 4.69) is 55.2 Å². The topological polar surface area (TPSA) is 12.0 Å². The number of hydrogen-bond donors (Lipinski definition) is 1. The molecular weight excluding hydrogens is 238 g/mol. The van der Waals surface area contributed by atoms with Crippen molar-refractivity contribution >= 4 is 11.8 Å². The summed E-state index contributed by atoms with van der Waals surface area (Å²) >= 11 is 2.16. The summed E-state index contributed by atoms with van der Waals surface area (Å²) in [5.74, 6) is 4.27. The van der Waals surface area contributed by atoms with Gasteiger partial charge in [-0.3, -0.25) is 0 Å². The van der Waals surface area contributed by atoms with E-state index in [-0.39, 0.29) is 0 Å². The van der Waals surface area contributed by atoms with E-state index in [1.54, 1.807) is 5.56 Å². The van der Waals surface area contributed by atoms with Crippen molar-refractivity contribution in [2.75, 3.05) is 24.6 Å². The second-order valence-corrected chi connectivity index (χ2v) is 7.10. The van der Waals surface area contributed by atoms with E-state index in [0.29, 0.717) is 11.3 Å². The molecule has 3 atom stereocenters. The van der Waals surface area contributed by atoms with Gasteiger partial charge in [0.25, 0.3) is 0 Å². The minimum atomic E-state index is 0.547. The first kappa shape index (κ1) is 12.6. The van der Waals surface area contributed by atoms with Crippen LogP contribution in [0.2, 0.25) is 0 Å². The molecule has 1 N–H and O–H groups in total. The van der Waals surface area contributed by atoms with E-state index >= 15 is 0 Å². The van der Waals surface area contributed by atoms with E-state index in [1.807, 2.05) is 0 Å². The molecule has 0 bridgehead atoms. The van der Waals surface area contributed by atoms with Crippen LogP contribution < -0.4 is 5.32 Å². The number of nitrogens with one attached hydrogen (secondary N) is 1. The molecule has 0 saturated carbocycles. The predicted molar refractivity (Wildman–Crippen MR) is 80.3 cm³/mol. The Morgan fingerprint density at radius 1 is 1.28 bits per heavy atom. The molecule has 2 aliphatic heterocycles. The standard InChI is InChI=1S/C16H23NS/c1-12-3-5-14(6-4-12)15-9-17-8-7-16(15)11-18-10-13(16)2/h3-6,13,15,17H,7-11H2,1-2H3. The molecule has 0 aliphatic carbocycles. The first-order chi connectivity index (χ1) is 8.72. The normalized spacial score (nSPS) is 36.1. The zero-order valence-corrected chi connectivity index (χ0v) is 12.2. The maximum atomic E-state index is 3.61. The lowest BCUT2D eigenvalue weighted by molar-refractivity contribution is 0.139. The second kappa shape index (κ2) is 4.90. The van der Waals surface area contributed by atoms with Crippen molar-refractivity contribution in [1.29, 1.82) is 0 Å².